The van der Waals surface area contributed by atoms with Gasteiger partial charge < -0.3 is 10.2 Å². The smallest absolute Gasteiger partial charge is 0.229 e. The molecule has 0 bridgehead atoms. The molecule has 0 aliphatic carbocycles. The Morgan fingerprint density at radius 1 is 1.16 bits per heavy atom. The van der Waals surface area contributed by atoms with E-state index in [4.69, 9.17) is 0 Å². The average molecular weight is 328 g/mol. The van der Waals surface area contributed by atoms with E-state index in [9.17, 15) is 8.42 Å². The topological polar surface area (TPSA) is 61.4 Å². The van der Waals surface area contributed by atoms with Crippen molar-refractivity contribution in [3.8, 4) is 0 Å². The van der Waals surface area contributed by atoms with E-state index in [0.29, 0.717) is 5.69 Å². The molecule has 2 N–H and O–H groups in total. The molecule has 0 saturated carbocycles. The first-order valence-corrected chi connectivity index (χ1v) is 7.48. The van der Waals surface area contributed by atoms with Gasteiger partial charge in [0.15, 0.2) is 0 Å². The molecule has 1 aliphatic rings. The molecule has 1 aromatic carbocycles. The Labute approximate surface area is 126 Å². The number of nitrogens with zero attached hydrogens (tertiary/aromatic N) is 1. The molecule has 5 nitrogen and oxygen atoms in total. The van der Waals surface area contributed by atoms with Crippen LogP contribution >= 0.6 is 24.8 Å². The van der Waals surface area contributed by atoms with Crippen LogP contribution in [0.4, 0.5) is 11.4 Å². The zero-order chi connectivity index (χ0) is 12.3. The summed E-state index contributed by atoms with van der Waals surface area (Å²) in [5.74, 6) is 0. The van der Waals surface area contributed by atoms with Crippen LogP contribution in [0.15, 0.2) is 24.3 Å². The standard InChI is InChI=1S/C11H17N3O2S.2ClH/c1-17(15,16)13-10-4-2-3-5-11(10)14-8-6-12-7-9-14;;/h2-5,12-13H,6-9H2,1H3;2*1H. The van der Waals surface area contributed by atoms with Gasteiger partial charge in [0.25, 0.3) is 0 Å². The fourth-order valence-corrected chi connectivity index (χ4v) is 2.51. The van der Waals surface area contributed by atoms with Crippen molar-refractivity contribution in [2.75, 3.05) is 42.1 Å². The van der Waals surface area contributed by atoms with Gasteiger partial charge in [-0.2, -0.15) is 0 Å². The minimum atomic E-state index is -3.23. The van der Waals surface area contributed by atoms with Crippen molar-refractivity contribution in [3.63, 3.8) is 0 Å². The molecule has 19 heavy (non-hydrogen) atoms. The first kappa shape index (κ1) is 18.3. The first-order valence-electron chi connectivity index (χ1n) is 5.59. The van der Waals surface area contributed by atoms with Gasteiger partial charge >= 0.3 is 0 Å². The molecule has 0 amide bonds. The number of hydrogen-bond acceptors (Lipinski definition) is 4. The Hall–Kier alpha value is -0.690. The molecule has 0 spiro atoms. The van der Waals surface area contributed by atoms with Crippen LogP contribution in [-0.4, -0.2) is 40.9 Å². The second-order valence-electron chi connectivity index (χ2n) is 4.13. The van der Waals surface area contributed by atoms with E-state index in [2.05, 4.69) is 14.9 Å². The zero-order valence-corrected chi connectivity index (χ0v) is 13.1. The Bertz CT molecular complexity index is 490. The summed E-state index contributed by atoms with van der Waals surface area (Å²) in [5.41, 5.74) is 1.59. The predicted molar refractivity (Wildman–Crippen MR) is 84.5 cm³/mol. The second kappa shape index (κ2) is 7.79. The van der Waals surface area contributed by atoms with Crippen LogP contribution in [0.2, 0.25) is 0 Å². The van der Waals surface area contributed by atoms with E-state index in [1.54, 1.807) is 6.07 Å². The lowest BCUT2D eigenvalue weighted by atomic mass is 10.2. The third-order valence-electron chi connectivity index (χ3n) is 2.66. The lowest BCUT2D eigenvalue weighted by molar-refractivity contribution is 0.589. The number of nitrogens with one attached hydrogen (secondary N) is 2. The monoisotopic (exact) mass is 327 g/mol. The van der Waals surface area contributed by atoms with Crippen LogP contribution in [0, 0.1) is 0 Å². The largest absolute Gasteiger partial charge is 0.367 e. The summed E-state index contributed by atoms with van der Waals surface area (Å²) < 4.78 is 25.1. The third-order valence-corrected chi connectivity index (χ3v) is 3.25. The number of hydrogen-bond donors (Lipinski definition) is 2. The fourth-order valence-electron chi connectivity index (χ4n) is 1.94. The maximum atomic E-state index is 11.3. The maximum Gasteiger partial charge on any atom is 0.229 e. The van der Waals surface area contributed by atoms with Gasteiger partial charge in [-0.3, -0.25) is 4.72 Å². The van der Waals surface area contributed by atoms with Crippen LogP contribution in [0.5, 0.6) is 0 Å². The third kappa shape index (κ3) is 5.44. The van der Waals surface area contributed by atoms with E-state index in [0.717, 1.165) is 31.9 Å². The molecule has 1 aliphatic heterocycles. The van der Waals surface area contributed by atoms with Gasteiger partial charge in [-0.15, -0.1) is 24.8 Å². The van der Waals surface area contributed by atoms with E-state index in [-0.39, 0.29) is 24.8 Å². The normalized spacial score (nSPS) is 15.1. The zero-order valence-electron chi connectivity index (χ0n) is 10.6. The molecular weight excluding hydrogens is 309 g/mol. The Balaban J connectivity index is 0.00000162. The van der Waals surface area contributed by atoms with Gasteiger partial charge in [0.2, 0.25) is 10.0 Å². The van der Waals surface area contributed by atoms with E-state index in [1.165, 1.54) is 6.26 Å². The van der Waals surface area contributed by atoms with Gasteiger partial charge in [-0.25, -0.2) is 8.42 Å². The fraction of sp³-hybridized carbons (Fsp3) is 0.455. The highest BCUT2D eigenvalue weighted by atomic mass is 35.5. The number of benzene rings is 1. The summed E-state index contributed by atoms with van der Waals surface area (Å²) in [6.07, 6.45) is 1.17. The van der Waals surface area contributed by atoms with Crippen molar-refractivity contribution in [3.05, 3.63) is 24.3 Å². The van der Waals surface area contributed by atoms with Crippen molar-refractivity contribution < 1.29 is 8.42 Å². The van der Waals surface area contributed by atoms with Crippen LogP contribution in [0.1, 0.15) is 0 Å². The maximum absolute atomic E-state index is 11.3. The van der Waals surface area contributed by atoms with E-state index < -0.39 is 10.0 Å². The minimum Gasteiger partial charge on any atom is -0.367 e. The van der Waals surface area contributed by atoms with Gasteiger partial charge in [0.1, 0.15) is 0 Å². The van der Waals surface area contributed by atoms with Crippen LogP contribution < -0.4 is 14.9 Å². The van der Waals surface area contributed by atoms with Gasteiger partial charge in [-0.05, 0) is 12.1 Å². The predicted octanol–water partition coefficient (Wildman–Crippen LogP) is 1.31. The highest BCUT2D eigenvalue weighted by molar-refractivity contribution is 7.92. The van der Waals surface area contributed by atoms with E-state index >= 15 is 0 Å². The summed E-state index contributed by atoms with van der Waals surface area (Å²) in [5, 5.41) is 3.27. The average Bonchev–Trinajstić information content (AvgIpc) is 2.29. The lowest BCUT2D eigenvalue weighted by Crippen LogP contribution is -2.43. The minimum absolute atomic E-state index is 0. The summed E-state index contributed by atoms with van der Waals surface area (Å²) in [4.78, 5) is 2.18. The SMILES string of the molecule is CS(=O)(=O)Nc1ccccc1N1CCNCC1.Cl.Cl. The number of sulfonamides is 1. The Morgan fingerprint density at radius 2 is 1.74 bits per heavy atom. The molecule has 1 fully saturated rings. The highest BCUT2D eigenvalue weighted by Crippen LogP contribution is 2.26. The van der Waals surface area contributed by atoms with Crippen molar-refractivity contribution >= 4 is 46.2 Å². The molecule has 1 saturated heterocycles. The summed E-state index contributed by atoms with van der Waals surface area (Å²) in [7, 11) is -3.23. The van der Waals surface area contributed by atoms with Crippen molar-refractivity contribution in [2.45, 2.75) is 0 Å². The van der Waals surface area contributed by atoms with E-state index in [1.807, 2.05) is 18.2 Å². The molecular formula is C11H19Cl2N3O2S. The summed E-state index contributed by atoms with van der Waals surface area (Å²) in [6.45, 7) is 3.63. The first-order chi connectivity index (χ1) is 8.06. The summed E-state index contributed by atoms with van der Waals surface area (Å²) in [6, 6.07) is 7.49. The lowest BCUT2D eigenvalue weighted by Gasteiger charge is -2.31. The van der Waals surface area contributed by atoms with Gasteiger partial charge in [0.05, 0.1) is 17.6 Å². The quantitative estimate of drug-likeness (QED) is 0.878. The van der Waals surface area contributed by atoms with Gasteiger partial charge in [0, 0.05) is 26.2 Å². The van der Waals surface area contributed by atoms with Gasteiger partial charge in [-0.1, -0.05) is 12.1 Å². The number of anilines is 2. The molecule has 0 radical (unpaired) electrons. The van der Waals surface area contributed by atoms with Crippen LogP contribution in [0.25, 0.3) is 0 Å². The Morgan fingerprint density at radius 3 is 2.32 bits per heavy atom. The number of piperazine rings is 1. The Kier molecular flexibility index (Phi) is 7.51. The van der Waals surface area contributed by atoms with Crippen molar-refractivity contribution in [2.24, 2.45) is 0 Å². The number of rotatable bonds is 3. The number of halogens is 2. The molecule has 110 valence electrons. The molecule has 0 atom stereocenters. The molecule has 2 rings (SSSR count). The van der Waals surface area contributed by atoms with Crippen molar-refractivity contribution in [1.29, 1.82) is 0 Å². The molecule has 0 unspecified atom stereocenters. The molecule has 0 aromatic heterocycles. The second-order valence-corrected chi connectivity index (χ2v) is 5.88. The van der Waals surface area contributed by atoms with Crippen LogP contribution in [-0.2, 0) is 10.0 Å². The molecule has 1 heterocycles. The molecule has 1 aromatic rings. The van der Waals surface area contributed by atoms with Crippen LogP contribution in [0.3, 0.4) is 0 Å². The summed E-state index contributed by atoms with van der Waals surface area (Å²) >= 11 is 0. The molecule has 8 heteroatoms. The highest BCUT2D eigenvalue weighted by Gasteiger charge is 2.15. The van der Waals surface area contributed by atoms with Crippen molar-refractivity contribution in [1.82, 2.24) is 5.32 Å². The number of para-hydroxylation sites is 2.